The van der Waals surface area contributed by atoms with Crippen molar-refractivity contribution in [2.45, 2.75) is 26.3 Å². The van der Waals surface area contributed by atoms with Gasteiger partial charge in [0, 0.05) is 16.2 Å². The van der Waals surface area contributed by atoms with Crippen molar-refractivity contribution in [2.24, 2.45) is 0 Å². The molecule has 1 aromatic heterocycles. The Morgan fingerprint density at radius 3 is 2.33 bits per heavy atom. The van der Waals surface area contributed by atoms with Gasteiger partial charge in [-0.3, -0.25) is 0 Å². The SMILES string of the molecule is [B]C1(C)C=Cc2c(c3ccc(C)cc3c3c2oc(=O)c2cc(C)ccc23)O1. The lowest BCUT2D eigenvalue weighted by molar-refractivity contribution is 0.227. The maximum atomic E-state index is 12.7. The molecule has 5 rings (SSSR count). The van der Waals surface area contributed by atoms with Crippen LogP contribution >= 0.6 is 0 Å². The molecule has 3 nitrogen and oxygen atoms in total. The van der Waals surface area contributed by atoms with Crippen LogP contribution in [0.4, 0.5) is 0 Å². The highest BCUT2D eigenvalue weighted by atomic mass is 16.5. The lowest BCUT2D eigenvalue weighted by atomic mass is 9.80. The summed E-state index contributed by atoms with van der Waals surface area (Å²) in [5.74, 6) is 0.652. The van der Waals surface area contributed by atoms with E-state index in [9.17, 15) is 4.79 Å². The standard InChI is InChI=1S/C23H17BO3/c1-12-5-7-15-17(10-12)19-14-6-4-13(2)11-18(14)22(25)26-21(19)16-8-9-23(3,24)27-20(15)16/h4-11H,1-3H3. The number of hydrogen-bond donors (Lipinski definition) is 0. The first-order chi connectivity index (χ1) is 12.8. The Labute approximate surface area is 157 Å². The summed E-state index contributed by atoms with van der Waals surface area (Å²) < 4.78 is 11.9. The second kappa shape index (κ2) is 5.26. The summed E-state index contributed by atoms with van der Waals surface area (Å²) >= 11 is 0. The van der Waals surface area contributed by atoms with Crippen molar-refractivity contribution < 1.29 is 9.15 Å². The summed E-state index contributed by atoms with van der Waals surface area (Å²) in [5, 5.41) is 4.36. The minimum Gasteiger partial charge on any atom is -0.492 e. The van der Waals surface area contributed by atoms with E-state index in [0.717, 1.165) is 38.2 Å². The fraction of sp³-hybridized carbons (Fsp3) is 0.174. The van der Waals surface area contributed by atoms with E-state index in [0.29, 0.717) is 16.7 Å². The van der Waals surface area contributed by atoms with E-state index in [1.54, 1.807) is 13.0 Å². The van der Waals surface area contributed by atoms with E-state index in [-0.39, 0.29) is 5.63 Å². The van der Waals surface area contributed by atoms with Gasteiger partial charge in [0.05, 0.1) is 16.5 Å². The van der Waals surface area contributed by atoms with Gasteiger partial charge in [-0.1, -0.05) is 47.5 Å². The number of hydrogen-bond acceptors (Lipinski definition) is 3. The van der Waals surface area contributed by atoms with Gasteiger partial charge in [-0.2, -0.15) is 0 Å². The molecule has 3 aromatic carbocycles. The monoisotopic (exact) mass is 352 g/mol. The highest BCUT2D eigenvalue weighted by Gasteiger charge is 2.27. The molecule has 0 N–H and O–H groups in total. The van der Waals surface area contributed by atoms with Gasteiger partial charge in [0.15, 0.2) is 5.58 Å². The third-order valence-electron chi connectivity index (χ3n) is 5.17. The molecular weight excluding hydrogens is 335 g/mol. The van der Waals surface area contributed by atoms with Gasteiger partial charge in [0.25, 0.3) is 0 Å². The Kier molecular flexibility index (Phi) is 3.15. The second-order valence-corrected chi connectivity index (χ2v) is 7.55. The van der Waals surface area contributed by atoms with Gasteiger partial charge in [-0.05, 0) is 38.3 Å². The van der Waals surface area contributed by atoms with Gasteiger partial charge in [0.2, 0.25) is 0 Å². The molecule has 4 heteroatoms. The van der Waals surface area contributed by atoms with Crippen LogP contribution in [0.15, 0.2) is 51.7 Å². The van der Waals surface area contributed by atoms with E-state index in [4.69, 9.17) is 17.0 Å². The number of ether oxygens (including phenoxy) is 1. The van der Waals surface area contributed by atoms with Crippen LogP contribution in [0.1, 0.15) is 23.6 Å². The zero-order valence-electron chi connectivity index (χ0n) is 15.4. The van der Waals surface area contributed by atoms with Crippen LogP contribution in [0, 0.1) is 13.8 Å². The molecule has 1 atom stereocenters. The molecule has 0 spiro atoms. The zero-order valence-corrected chi connectivity index (χ0v) is 15.4. The quantitative estimate of drug-likeness (QED) is 0.254. The third-order valence-corrected chi connectivity index (χ3v) is 5.17. The average Bonchev–Trinajstić information content (AvgIpc) is 2.61. The molecule has 0 saturated heterocycles. The molecule has 2 heterocycles. The molecule has 1 unspecified atom stereocenters. The molecule has 4 aromatic rings. The van der Waals surface area contributed by atoms with Crippen molar-refractivity contribution in [3.8, 4) is 5.75 Å². The lowest BCUT2D eigenvalue weighted by Crippen LogP contribution is -2.32. The van der Waals surface area contributed by atoms with Crippen molar-refractivity contribution in [3.63, 3.8) is 0 Å². The summed E-state index contributed by atoms with van der Waals surface area (Å²) in [5.41, 5.74) is 2.18. The molecular formula is C23H17BO3. The minimum absolute atomic E-state index is 0.343. The first kappa shape index (κ1) is 16.2. The van der Waals surface area contributed by atoms with Gasteiger partial charge in [0.1, 0.15) is 13.6 Å². The molecule has 2 radical (unpaired) electrons. The van der Waals surface area contributed by atoms with Gasteiger partial charge in [-0.15, -0.1) is 0 Å². The highest BCUT2D eigenvalue weighted by molar-refractivity contribution is 6.23. The number of aryl methyl sites for hydroxylation is 2. The summed E-state index contributed by atoms with van der Waals surface area (Å²) in [7, 11) is 6.19. The van der Waals surface area contributed by atoms with E-state index in [1.165, 1.54) is 0 Å². The number of fused-ring (bicyclic) bond motifs is 8. The van der Waals surface area contributed by atoms with Crippen molar-refractivity contribution in [1.29, 1.82) is 0 Å². The lowest BCUT2D eigenvalue weighted by Gasteiger charge is -2.30. The topological polar surface area (TPSA) is 39.4 Å². The predicted octanol–water partition coefficient (Wildman–Crippen LogP) is 5.01. The van der Waals surface area contributed by atoms with Crippen molar-refractivity contribution in [2.75, 3.05) is 0 Å². The number of rotatable bonds is 0. The van der Waals surface area contributed by atoms with Crippen LogP contribution in [0.2, 0.25) is 0 Å². The Morgan fingerprint density at radius 1 is 0.926 bits per heavy atom. The molecule has 0 amide bonds. The largest absolute Gasteiger partial charge is 0.492 e. The fourth-order valence-electron chi connectivity index (χ4n) is 3.90. The number of benzene rings is 3. The Morgan fingerprint density at radius 2 is 1.59 bits per heavy atom. The molecule has 0 fully saturated rings. The van der Waals surface area contributed by atoms with Crippen LogP contribution < -0.4 is 10.4 Å². The summed E-state index contributed by atoms with van der Waals surface area (Å²) in [6, 6.07) is 12.1. The molecule has 1 aliphatic heterocycles. The van der Waals surface area contributed by atoms with E-state index < -0.39 is 5.50 Å². The highest BCUT2D eigenvalue weighted by Crippen LogP contribution is 2.44. The van der Waals surface area contributed by atoms with Gasteiger partial charge in [-0.25, -0.2) is 4.79 Å². The minimum atomic E-state index is -0.910. The van der Waals surface area contributed by atoms with Crippen molar-refractivity contribution in [3.05, 3.63) is 69.6 Å². The molecule has 0 aliphatic carbocycles. The molecule has 1 aliphatic rings. The van der Waals surface area contributed by atoms with Crippen LogP contribution in [0.25, 0.3) is 38.6 Å². The van der Waals surface area contributed by atoms with Gasteiger partial charge < -0.3 is 9.15 Å². The Hall–Kier alpha value is -3.01. The molecule has 0 bridgehead atoms. The molecule has 0 saturated carbocycles. The normalized spacial score (nSPS) is 18.8. The first-order valence-electron chi connectivity index (χ1n) is 8.95. The third kappa shape index (κ3) is 2.33. The molecule has 130 valence electrons. The summed E-state index contributed by atoms with van der Waals surface area (Å²) in [4.78, 5) is 12.7. The second-order valence-electron chi connectivity index (χ2n) is 7.55. The first-order valence-corrected chi connectivity index (χ1v) is 8.95. The van der Waals surface area contributed by atoms with E-state index >= 15 is 0 Å². The summed E-state index contributed by atoms with van der Waals surface area (Å²) in [6.45, 7) is 5.82. The Balaban J connectivity index is 2.11. The summed E-state index contributed by atoms with van der Waals surface area (Å²) in [6.07, 6.45) is 3.68. The van der Waals surface area contributed by atoms with E-state index in [1.807, 2.05) is 44.2 Å². The predicted molar refractivity (Wildman–Crippen MR) is 111 cm³/mol. The average molecular weight is 352 g/mol. The zero-order chi connectivity index (χ0) is 18.9. The van der Waals surface area contributed by atoms with Crippen LogP contribution in [0.3, 0.4) is 0 Å². The van der Waals surface area contributed by atoms with Crippen molar-refractivity contribution in [1.82, 2.24) is 0 Å². The van der Waals surface area contributed by atoms with Gasteiger partial charge >= 0.3 is 5.63 Å². The molecule has 27 heavy (non-hydrogen) atoms. The maximum absolute atomic E-state index is 12.7. The van der Waals surface area contributed by atoms with E-state index in [2.05, 4.69) is 12.1 Å². The fourth-order valence-corrected chi connectivity index (χ4v) is 3.90. The van der Waals surface area contributed by atoms with Crippen molar-refractivity contribution >= 4 is 46.4 Å². The maximum Gasteiger partial charge on any atom is 0.344 e. The van der Waals surface area contributed by atoms with Crippen LogP contribution in [-0.2, 0) is 0 Å². The Bertz CT molecular complexity index is 1360. The smallest absolute Gasteiger partial charge is 0.344 e. The van der Waals surface area contributed by atoms with Crippen LogP contribution in [-0.4, -0.2) is 13.3 Å². The van der Waals surface area contributed by atoms with Crippen LogP contribution in [0.5, 0.6) is 5.75 Å².